The second-order valence-electron chi connectivity index (χ2n) is 6.42. The van der Waals surface area contributed by atoms with Crippen LogP contribution < -0.4 is 10.5 Å². The highest BCUT2D eigenvalue weighted by Gasteiger charge is 2.44. The SMILES string of the molecule is Nc1nc(OC2CCCC2)nc2c1ncn2[C@@H]1O[C@H](CO)[C@@H](O)[C@H]1Cl. The quantitative estimate of drug-likeness (QED) is 0.668. The van der Waals surface area contributed by atoms with Gasteiger partial charge in [0.05, 0.1) is 12.9 Å². The second-order valence-corrected chi connectivity index (χ2v) is 6.93. The van der Waals surface area contributed by atoms with Gasteiger partial charge < -0.3 is 25.4 Å². The molecule has 10 heteroatoms. The zero-order chi connectivity index (χ0) is 17.6. The third kappa shape index (κ3) is 2.91. The number of rotatable bonds is 4. The largest absolute Gasteiger partial charge is 0.460 e. The van der Waals surface area contributed by atoms with Gasteiger partial charge >= 0.3 is 6.01 Å². The highest BCUT2D eigenvalue weighted by molar-refractivity contribution is 6.21. The van der Waals surface area contributed by atoms with Gasteiger partial charge in [-0.2, -0.15) is 9.97 Å². The summed E-state index contributed by atoms with van der Waals surface area (Å²) < 4.78 is 13.1. The van der Waals surface area contributed by atoms with Crippen LogP contribution in [0, 0.1) is 0 Å². The van der Waals surface area contributed by atoms with E-state index >= 15 is 0 Å². The van der Waals surface area contributed by atoms with Crippen molar-refractivity contribution in [1.29, 1.82) is 0 Å². The fourth-order valence-corrected chi connectivity index (χ4v) is 3.73. The van der Waals surface area contributed by atoms with Crippen LogP contribution in [0.3, 0.4) is 0 Å². The van der Waals surface area contributed by atoms with Gasteiger partial charge in [-0.25, -0.2) is 4.98 Å². The molecular formula is C15H20ClN5O4. The van der Waals surface area contributed by atoms with E-state index in [4.69, 9.17) is 26.8 Å². The summed E-state index contributed by atoms with van der Waals surface area (Å²) >= 11 is 6.27. The number of fused-ring (bicyclic) bond motifs is 1. The van der Waals surface area contributed by atoms with E-state index in [0.717, 1.165) is 25.7 Å². The van der Waals surface area contributed by atoms with Crippen molar-refractivity contribution in [1.82, 2.24) is 19.5 Å². The first-order valence-electron chi connectivity index (χ1n) is 8.33. The highest BCUT2D eigenvalue weighted by atomic mass is 35.5. The summed E-state index contributed by atoms with van der Waals surface area (Å²) in [5.74, 6) is 0.208. The van der Waals surface area contributed by atoms with Crippen molar-refractivity contribution in [2.75, 3.05) is 12.3 Å². The van der Waals surface area contributed by atoms with Crippen LogP contribution in [0.5, 0.6) is 6.01 Å². The Morgan fingerprint density at radius 1 is 1.36 bits per heavy atom. The van der Waals surface area contributed by atoms with Crippen LogP contribution in [0.1, 0.15) is 31.9 Å². The molecule has 2 aromatic rings. The lowest BCUT2D eigenvalue weighted by atomic mass is 10.2. The van der Waals surface area contributed by atoms with Crippen LogP contribution >= 0.6 is 11.6 Å². The molecule has 4 rings (SSSR count). The number of aliphatic hydroxyl groups excluding tert-OH is 2. The molecule has 2 fully saturated rings. The van der Waals surface area contributed by atoms with Gasteiger partial charge in [-0.15, -0.1) is 11.6 Å². The maximum absolute atomic E-state index is 10.1. The third-order valence-electron chi connectivity index (χ3n) is 4.75. The monoisotopic (exact) mass is 369 g/mol. The maximum Gasteiger partial charge on any atom is 0.320 e. The number of imidazole rings is 1. The number of nitrogens with zero attached hydrogens (tertiary/aromatic N) is 4. The number of alkyl halides is 1. The van der Waals surface area contributed by atoms with Crippen molar-refractivity contribution >= 4 is 28.6 Å². The Balaban J connectivity index is 1.68. The first kappa shape index (κ1) is 16.8. The number of aromatic nitrogens is 4. The van der Waals surface area contributed by atoms with E-state index in [9.17, 15) is 10.2 Å². The Hall–Kier alpha value is -1.68. The molecule has 3 heterocycles. The molecule has 0 radical (unpaired) electrons. The third-order valence-corrected chi connectivity index (χ3v) is 5.22. The van der Waals surface area contributed by atoms with Gasteiger partial charge in [-0.1, -0.05) is 0 Å². The zero-order valence-electron chi connectivity index (χ0n) is 13.5. The van der Waals surface area contributed by atoms with Gasteiger partial charge in [-0.3, -0.25) is 4.57 Å². The molecule has 25 heavy (non-hydrogen) atoms. The summed E-state index contributed by atoms with van der Waals surface area (Å²) in [7, 11) is 0. The number of nitrogen functional groups attached to an aromatic ring is 1. The van der Waals surface area contributed by atoms with E-state index in [1.165, 1.54) is 6.33 Å². The fraction of sp³-hybridized carbons (Fsp3) is 0.667. The van der Waals surface area contributed by atoms with Gasteiger partial charge in [0.1, 0.15) is 23.7 Å². The number of hydrogen-bond acceptors (Lipinski definition) is 8. The van der Waals surface area contributed by atoms with Crippen molar-refractivity contribution in [3.63, 3.8) is 0 Å². The summed E-state index contributed by atoms with van der Waals surface area (Å²) in [5.41, 5.74) is 6.82. The van der Waals surface area contributed by atoms with Crippen molar-refractivity contribution in [3.05, 3.63) is 6.33 Å². The molecule has 0 aromatic carbocycles. The van der Waals surface area contributed by atoms with Crippen LogP contribution in [0.15, 0.2) is 6.33 Å². The van der Waals surface area contributed by atoms with E-state index in [-0.39, 0.29) is 24.5 Å². The Morgan fingerprint density at radius 3 is 2.80 bits per heavy atom. The molecule has 1 saturated carbocycles. The van der Waals surface area contributed by atoms with Gasteiger partial charge in [0, 0.05) is 0 Å². The van der Waals surface area contributed by atoms with Crippen molar-refractivity contribution < 1.29 is 19.7 Å². The lowest BCUT2D eigenvalue weighted by Gasteiger charge is -2.17. The Kier molecular flexibility index (Phi) is 4.40. The molecule has 2 aliphatic rings. The molecule has 9 nitrogen and oxygen atoms in total. The first-order chi connectivity index (χ1) is 12.1. The lowest BCUT2D eigenvalue weighted by Crippen LogP contribution is -2.29. The second kappa shape index (κ2) is 6.56. The van der Waals surface area contributed by atoms with Crippen molar-refractivity contribution in [2.24, 2.45) is 0 Å². The van der Waals surface area contributed by atoms with Crippen LogP contribution in [0.4, 0.5) is 5.82 Å². The lowest BCUT2D eigenvalue weighted by molar-refractivity contribution is -0.0431. The number of aliphatic hydroxyl groups is 2. The van der Waals surface area contributed by atoms with E-state index in [0.29, 0.717) is 11.2 Å². The molecule has 1 saturated heterocycles. The molecule has 2 aromatic heterocycles. The maximum atomic E-state index is 10.1. The van der Waals surface area contributed by atoms with Gasteiger partial charge in [0.2, 0.25) is 0 Å². The smallest absolute Gasteiger partial charge is 0.320 e. The molecule has 0 bridgehead atoms. The summed E-state index contributed by atoms with van der Waals surface area (Å²) in [6.07, 6.45) is 3.29. The number of anilines is 1. The van der Waals surface area contributed by atoms with Gasteiger partial charge in [0.25, 0.3) is 0 Å². The minimum absolute atomic E-state index is 0.0947. The average molecular weight is 370 g/mol. The van der Waals surface area contributed by atoms with Crippen molar-refractivity contribution in [2.45, 2.75) is 55.6 Å². The molecule has 1 aliphatic carbocycles. The molecular weight excluding hydrogens is 350 g/mol. The molecule has 0 amide bonds. The summed E-state index contributed by atoms with van der Waals surface area (Å²) in [4.78, 5) is 12.8. The minimum atomic E-state index is -0.998. The van der Waals surface area contributed by atoms with E-state index in [2.05, 4.69) is 15.0 Å². The zero-order valence-corrected chi connectivity index (χ0v) is 14.2. The first-order valence-corrected chi connectivity index (χ1v) is 8.77. The van der Waals surface area contributed by atoms with E-state index in [1.807, 2.05) is 0 Å². The van der Waals surface area contributed by atoms with E-state index < -0.39 is 23.8 Å². The number of nitrogens with two attached hydrogens (primary N) is 1. The summed E-state index contributed by atoms with van der Waals surface area (Å²) in [5, 5.41) is 18.6. The van der Waals surface area contributed by atoms with Gasteiger partial charge in [-0.05, 0) is 25.7 Å². The molecule has 4 N–H and O–H groups in total. The number of halogens is 1. The van der Waals surface area contributed by atoms with Crippen molar-refractivity contribution in [3.8, 4) is 6.01 Å². The Morgan fingerprint density at radius 2 is 2.12 bits per heavy atom. The predicted molar refractivity (Wildman–Crippen MR) is 89.3 cm³/mol. The van der Waals surface area contributed by atoms with Crippen LogP contribution in [0.25, 0.3) is 11.2 Å². The molecule has 1 aliphatic heterocycles. The highest BCUT2D eigenvalue weighted by Crippen LogP contribution is 2.35. The average Bonchev–Trinajstić information content (AvgIpc) is 3.30. The topological polar surface area (TPSA) is 129 Å². The summed E-state index contributed by atoms with van der Waals surface area (Å²) in [6, 6.07) is 0.196. The molecule has 0 unspecified atom stereocenters. The molecule has 4 atom stereocenters. The van der Waals surface area contributed by atoms with E-state index in [1.54, 1.807) is 4.57 Å². The minimum Gasteiger partial charge on any atom is -0.460 e. The van der Waals surface area contributed by atoms with Gasteiger partial charge in [0.15, 0.2) is 23.2 Å². The van der Waals surface area contributed by atoms with Crippen LogP contribution in [-0.2, 0) is 4.74 Å². The standard InChI is InChI=1S/C15H20ClN5O4/c16-9-11(23)8(5-22)25-14(9)21-6-18-10-12(17)19-15(20-13(10)21)24-7-3-1-2-4-7/h6-9,11,14,22-23H,1-5H2,(H2,17,19,20)/t8-,9-,11-,14-/m1/s1. The predicted octanol–water partition coefficient (Wildman–Crippen LogP) is 0.588. The normalized spacial score (nSPS) is 30.4. The summed E-state index contributed by atoms with van der Waals surface area (Å²) in [6.45, 7) is -0.333. The number of hydrogen-bond donors (Lipinski definition) is 3. The Labute approximate surface area is 148 Å². The fourth-order valence-electron chi connectivity index (χ4n) is 3.39. The van der Waals surface area contributed by atoms with Crippen LogP contribution in [0.2, 0.25) is 0 Å². The van der Waals surface area contributed by atoms with Crippen LogP contribution in [-0.4, -0.2) is 60.0 Å². The molecule has 136 valence electrons. The number of ether oxygens (including phenoxy) is 2. The Bertz CT molecular complexity index is 766. The molecule has 0 spiro atoms.